The van der Waals surface area contributed by atoms with Crippen molar-refractivity contribution in [3.8, 4) is 11.5 Å². The molecule has 0 saturated heterocycles. The second-order valence-corrected chi connectivity index (χ2v) is 4.99. The Bertz CT molecular complexity index is 912. The Hall–Kier alpha value is -3.35. The number of H-pyrrole nitrogens is 1. The lowest BCUT2D eigenvalue weighted by Gasteiger charge is -1.99. The van der Waals surface area contributed by atoms with Crippen LogP contribution in [0.5, 0.6) is 0 Å². The first-order valence-electron chi connectivity index (χ1n) is 6.88. The molecule has 3 N–H and O–H groups in total. The minimum Gasteiger partial charge on any atom is -0.463 e. The zero-order valence-electron chi connectivity index (χ0n) is 11.8. The molecule has 7 heteroatoms. The van der Waals surface area contributed by atoms with Crippen molar-refractivity contribution in [2.75, 3.05) is 10.6 Å². The maximum Gasteiger partial charge on any atom is 0.257 e. The average molecular weight is 310 g/mol. The molecule has 0 atom stereocenters. The Morgan fingerprint density at radius 1 is 1.26 bits per heavy atom. The number of furan rings is 1. The molecule has 0 saturated carbocycles. The molecule has 2 aromatic heterocycles. The van der Waals surface area contributed by atoms with E-state index >= 15 is 0 Å². The maximum absolute atomic E-state index is 13.4. The molecule has 0 radical (unpaired) electrons. The number of aromatic amines is 1. The lowest BCUT2D eigenvalue weighted by atomic mass is 10.1. The average Bonchev–Trinajstić information content (AvgIpc) is 3.24. The van der Waals surface area contributed by atoms with Gasteiger partial charge in [-0.2, -0.15) is 5.10 Å². The summed E-state index contributed by atoms with van der Waals surface area (Å²) >= 11 is 0. The zero-order valence-corrected chi connectivity index (χ0v) is 11.8. The SMILES string of the molecule is O=C1Nc2ccc(F)cc2C1=CNc1cc(-c2ccco2)[nH]n1. The van der Waals surface area contributed by atoms with E-state index in [0.29, 0.717) is 34.1 Å². The van der Waals surface area contributed by atoms with E-state index < -0.39 is 5.82 Å². The number of carbonyl (C=O) groups is 1. The van der Waals surface area contributed by atoms with Crippen molar-refractivity contribution in [2.24, 2.45) is 0 Å². The van der Waals surface area contributed by atoms with E-state index in [1.165, 1.54) is 24.4 Å². The molecule has 6 nitrogen and oxygen atoms in total. The number of amides is 1. The Balaban J connectivity index is 1.60. The molecule has 3 aromatic rings. The molecule has 0 aliphatic carbocycles. The number of rotatable bonds is 3. The molecule has 1 aliphatic heterocycles. The van der Waals surface area contributed by atoms with E-state index in [4.69, 9.17) is 4.42 Å². The van der Waals surface area contributed by atoms with Crippen LogP contribution >= 0.6 is 0 Å². The lowest BCUT2D eigenvalue weighted by Crippen LogP contribution is -2.05. The highest BCUT2D eigenvalue weighted by atomic mass is 19.1. The number of fused-ring (bicyclic) bond motifs is 1. The summed E-state index contributed by atoms with van der Waals surface area (Å²) in [4.78, 5) is 12.0. The second-order valence-electron chi connectivity index (χ2n) is 4.99. The van der Waals surface area contributed by atoms with Crippen LogP contribution in [0.15, 0.2) is 53.3 Å². The molecule has 4 rings (SSSR count). The first kappa shape index (κ1) is 13.3. The van der Waals surface area contributed by atoms with Gasteiger partial charge in [0.1, 0.15) is 11.5 Å². The first-order chi connectivity index (χ1) is 11.2. The second kappa shape index (κ2) is 5.13. The Labute approximate surface area is 130 Å². The fourth-order valence-electron chi connectivity index (χ4n) is 2.40. The van der Waals surface area contributed by atoms with Gasteiger partial charge in [-0.25, -0.2) is 4.39 Å². The van der Waals surface area contributed by atoms with Gasteiger partial charge in [-0.05, 0) is 30.3 Å². The molecule has 3 heterocycles. The van der Waals surface area contributed by atoms with Crippen molar-refractivity contribution >= 4 is 23.0 Å². The zero-order chi connectivity index (χ0) is 15.8. The maximum atomic E-state index is 13.4. The summed E-state index contributed by atoms with van der Waals surface area (Å²) in [5, 5.41) is 12.5. The van der Waals surface area contributed by atoms with Gasteiger partial charge in [0.2, 0.25) is 0 Å². The van der Waals surface area contributed by atoms with Gasteiger partial charge in [0.05, 0.1) is 11.8 Å². The van der Waals surface area contributed by atoms with Crippen LogP contribution in [0.25, 0.3) is 17.0 Å². The van der Waals surface area contributed by atoms with Crippen LogP contribution in [0.2, 0.25) is 0 Å². The van der Waals surface area contributed by atoms with Gasteiger partial charge in [-0.15, -0.1) is 0 Å². The third kappa shape index (κ3) is 2.38. The van der Waals surface area contributed by atoms with Gasteiger partial charge in [-0.3, -0.25) is 9.89 Å². The normalized spacial score (nSPS) is 14.8. The highest BCUT2D eigenvalue weighted by Gasteiger charge is 2.24. The number of hydrogen-bond acceptors (Lipinski definition) is 4. The van der Waals surface area contributed by atoms with Crippen LogP contribution in [0.3, 0.4) is 0 Å². The number of nitrogens with zero attached hydrogens (tertiary/aromatic N) is 1. The van der Waals surface area contributed by atoms with Crippen LogP contribution in [-0.4, -0.2) is 16.1 Å². The minimum absolute atomic E-state index is 0.292. The monoisotopic (exact) mass is 310 g/mol. The highest BCUT2D eigenvalue weighted by molar-refractivity contribution is 6.31. The van der Waals surface area contributed by atoms with Crippen molar-refractivity contribution in [3.05, 3.63) is 60.2 Å². The van der Waals surface area contributed by atoms with Crippen molar-refractivity contribution < 1.29 is 13.6 Å². The molecule has 114 valence electrons. The smallest absolute Gasteiger partial charge is 0.257 e. The summed E-state index contributed by atoms with van der Waals surface area (Å²) in [6.07, 6.45) is 3.07. The van der Waals surface area contributed by atoms with E-state index in [1.54, 1.807) is 24.5 Å². The molecule has 23 heavy (non-hydrogen) atoms. The predicted molar refractivity (Wildman–Crippen MR) is 82.9 cm³/mol. The van der Waals surface area contributed by atoms with E-state index in [0.717, 1.165) is 0 Å². The molecule has 1 aliphatic rings. The summed E-state index contributed by atoms with van der Waals surface area (Å²) in [6.45, 7) is 0. The van der Waals surface area contributed by atoms with Gasteiger partial charge in [0.15, 0.2) is 11.6 Å². The Morgan fingerprint density at radius 3 is 3.00 bits per heavy atom. The number of nitrogens with one attached hydrogen (secondary N) is 3. The number of halogens is 1. The van der Waals surface area contributed by atoms with Gasteiger partial charge in [-0.1, -0.05) is 0 Å². The molecule has 0 spiro atoms. The van der Waals surface area contributed by atoms with Crippen molar-refractivity contribution in [1.82, 2.24) is 10.2 Å². The van der Waals surface area contributed by atoms with E-state index in [2.05, 4.69) is 20.8 Å². The summed E-state index contributed by atoms with van der Waals surface area (Å²) < 4.78 is 18.6. The number of benzene rings is 1. The minimum atomic E-state index is -0.397. The number of anilines is 2. The fourth-order valence-corrected chi connectivity index (χ4v) is 2.40. The first-order valence-corrected chi connectivity index (χ1v) is 6.88. The van der Waals surface area contributed by atoms with Crippen molar-refractivity contribution in [2.45, 2.75) is 0 Å². The van der Waals surface area contributed by atoms with Crippen LogP contribution in [0, 0.1) is 5.82 Å². The van der Waals surface area contributed by atoms with E-state index in [9.17, 15) is 9.18 Å². The highest BCUT2D eigenvalue weighted by Crippen LogP contribution is 2.32. The molecule has 1 amide bonds. The Morgan fingerprint density at radius 2 is 2.17 bits per heavy atom. The lowest BCUT2D eigenvalue weighted by molar-refractivity contribution is -0.110. The van der Waals surface area contributed by atoms with Crippen molar-refractivity contribution in [3.63, 3.8) is 0 Å². The van der Waals surface area contributed by atoms with E-state index in [1.807, 2.05) is 0 Å². The predicted octanol–water partition coefficient (Wildman–Crippen LogP) is 3.21. The van der Waals surface area contributed by atoms with Crippen LogP contribution in [-0.2, 0) is 4.79 Å². The summed E-state index contributed by atoms with van der Waals surface area (Å²) in [5.41, 5.74) is 2.16. The number of hydrogen-bond donors (Lipinski definition) is 3. The summed E-state index contributed by atoms with van der Waals surface area (Å²) in [7, 11) is 0. The van der Waals surface area contributed by atoms with Crippen molar-refractivity contribution in [1.29, 1.82) is 0 Å². The van der Waals surface area contributed by atoms with Gasteiger partial charge in [0.25, 0.3) is 5.91 Å². The van der Waals surface area contributed by atoms with Gasteiger partial charge in [0, 0.05) is 23.5 Å². The molecule has 1 aromatic carbocycles. The number of carbonyl (C=O) groups excluding carboxylic acids is 1. The largest absolute Gasteiger partial charge is 0.463 e. The van der Waals surface area contributed by atoms with Gasteiger partial charge < -0.3 is 15.1 Å². The standard InChI is InChI=1S/C16H11FN4O2/c17-9-3-4-12-10(6-9)11(16(22)19-12)8-18-15-7-13(20-21-15)14-2-1-5-23-14/h1-8H,(H,19,22)(H2,18,20,21). The molecule has 0 unspecified atom stereocenters. The molecular formula is C16H11FN4O2. The van der Waals surface area contributed by atoms with Gasteiger partial charge >= 0.3 is 0 Å². The third-order valence-electron chi connectivity index (χ3n) is 3.49. The fraction of sp³-hybridized carbons (Fsp3) is 0. The quantitative estimate of drug-likeness (QED) is 0.649. The van der Waals surface area contributed by atoms with Crippen LogP contribution < -0.4 is 10.6 Å². The Kier molecular flexibility index (Phi) is 2.97. The third-order valence-corrected chi connectivity index (χ3v) is 3.49. The van der Waals surface area contributed by atoms with Crippen LogP contribution in [0.4, 0.5) is 15.9 Å². The summed E-state index contributed by atoms with van der Waals surface area (Å²) in [6, 6.07) is 9.49. The topological polar surface area (TPSA) is 83.0 Å². The molecule has 0 fully saturated rings. The number of aromatic nitrogens is 2. The van der Waals surface area contributed by atoms with E-state index in [-0.39, 0.29) is 5.91 Å². The summed E-state index contributed by atoms with van der Waals surface area (Å²) in [5.74, 6) is 0.483. The molecular weight excluding hydrogens is 299 g/mol. The van der Waals surface area contributed by atoms with Crippen LogP contribution in [0.1, 0.15) is 5.56 Å². The molecule has 0 bridgehead atoms.